The maximum atomic E-state index is 13.8. The lowest BCUT2D eigenvalue weighted by atomic mass is 9.95. The number of aromatic nitrogens is 1. The number of phenols is 1. The maximum absolute atomic E-state index is 13.8. The van der Waals surface area contributed by atoms with Gasteiger partial charge in [0, 0.05) is 11.1 Å². The zero-order valence-corrected chi connectivity index (χ0v) is 21.9. The summed E-state index contributed by atoms with van der Waals surface area (Å²) in [6.45, 7) is 7.39. The fourth-order valence-electron chi connectivity index (χ4n) is 4.37. The van der Waals surface area contributed by atoms with E-state index in [1.165, 1.54) is 23.0 Å². The van der Waals surface area contributed by atoms with Crippen molar-refractivity contribution in [3.8, 4) is 17.2 Å². The lowest BCUT2D eigenvalue weighted by Gasteiger charge is -2.25. The van der Waals surface area contributed by atoms with Gasteiger partial charge in [0.05, 0.1) is 36.6 Å². The largest absolute Gasteiger partial charge is 0.504 e. The molecular formula is C28H28N2O6S. The van der Waals surface area contributed by atoms with Crippen LogP contribution in [0.2, 0.25) is 0 Å². The van der Waals surface area contributed by atoms with Crippen LogP contribution in [0.15, 0.2) is 70.1 Å². The summed E-state index contributed by atoms with van der Waals surface area (Å²) in [6.07, 6.45) is 3.83. The van der Waals surface area contributed by atoms with Crippen LogP contribution in [-0.2, 0) is 16.0 Å². The van der Waals surface area contributed by atoms with Gasteiger partial charge in [-0.05, 0) is 50.1 Å². The Morgan fingerprint density at radius 3 is 2.62 bits per heavy atom. The predicted molar refractivity (Wildman–Crippen MR) is 142 cm³/mol. The standard InChI is InChI=1S/C28H28N2O6S/c1-6-10-18-13-17(14-21(35-5)25(18)31)15-22-26(32)30-24(19-11-8-9-12-20(19)34-4)23(27(33)36-7-2)16(3)29-28(30)37-22/h6,8-9,11-15,24,31H,1,7,10H2,2-5H3. The number of phenolic OH excluding ortho intramolecular Hbond substituents is 1. The smallest absolute Gasteiger partial charge is 0.338 e. The number of benzene rings is 2. The second kappa shape index (κ2) is 10.9. The van der Waals surface area contributed by atoms with Crippen molar-refractivity contribution >= 4 is 23.4 Å². The number of ether oxygens (including phenoxy) is 3. The van der Waals surface area contributed by atoms with Gasteiger partial charge in [0.1, 0.15) is 11.8 Å². The summed E-state index contributed by atoms with van der Waals surface area (Å²) in [5, 5.41) is 10.4. The molecule has 1 atom stereocenters. The van der Waals surface area contributed by atoms with E-state index in [1.54, 1.807) is 51.3 Å². The first-order valence-corrected chi connectivity index (χ1v) is 12.5. The molecule has 0 spiro atoms. The Labute approximate surface area is 218 Å². The summed E-state index contributed by atoms with van der Waals surface area (Å²) in [6, 6.07) is 9.93. The Kier molecular flexibility index (Phi) is 7.63. The Morgan fingerprint density at radius 2 is 1.95 bits per heavy atom. The third kappa shape index (κ3) is 4.82. The summed E-state index contributed by atoms with van der Waals surface area (Å²) in [5.41, 5.74) is 2.39. The van der Waals surface area contributed by atoms with Gasteiger partial charge in [-0.3, -0.25) is 9.36 Å². The van der Waals surface area contributed by atoms with Gasteiger partial charge in [0.15, 0.2) is 16.3 Å². The second-order valence-corrected chi connectivity index (χ2v) is 9.28. The molecule has 1 N–H and O–H groups in total. The van der Waals surface area contributed by atoms with Crippen molar-refractivity contribution in [1.29, 1.82) is 0 Å². The minimum atomic E-state index is -0.778. The molecule has 0 fully saturated rings. The molecule has 192 valence electrons. The van der Waals surface area contributed by atoms with Crippen LogP contribution in [0.25, 0.3) is 6.08 Å². The third-order valence-electron chi connectivity index (χ3n) is 6.01. The number of fused-ring (bicyclic) bond motifs is 1. The molecule has 0 saturated carbocycles. The van der Waals surface area contributed by atoms with Crippen molar-refractivity contribution in [1.82, 2.24) is 4.57 Å². The number of thiazole rings is 1. The Balaban J connectivity index is 1.98. The molecule has 0 radical (unpaired) electrons. The zero-order valence-electron chi connectivity index (χ0n) is 21.1. The van der Waals surface area contributed by atoms with Gasteiger partial charge < -0.3 is 19.3 Å². The average molecular weight is 521 g/mol. The number of hydrogen-bond donors (Lipinski definition) is 1. The van der Waals surface area contributed by atoms with E-state index < -0.39 is 12.0 Å². The number of para-hydroxylation sites is 1. The first kappa shape index (κ1) is 26.0. The van der Waals surface area contributed by atoms with Crippen molar-refractivity contribution in [3.63, 3.8) is 0 Å². The topological polar surface area (TPSA) is 99.4 Å². The van der Waals surface area contributed by atoms with E-state index in [2.05, 4.69) is 11.6 Å². The van der Waals surface area contributed by atoms with Crippen LogP contribution in [0, 0.1) is 0 Å². The normalized spacial score (nSPS) is 15.1. The van der Waals surface area contributed by atoms with E-state index in [4.69, 9.17) is 14.2 Å². The van der Waals surface area contributed by atoms with E-state index in [1.807, 2.05) is 18.2 Å². The third-order valence-corrected chi connectivity index (χ3v) is 6.99. The number of hydrogen-bond acceptors (Lipinski definition) is 8. The van der Waals surface area contributed by atoms with Gasteiger partial charge in [0.25, 0.3) is 5.56 Å². The molecule has 1 unspecified atom stereocenters. The number of allylic oxidation sites excluding steroid dienone is 2. The molecule has 2 heterocycles. The summed E-state index contributed by atoms with van der Waals surface area (Å²) in [7, 11) is 3.01. The predicted octanol–water partition coefficient (Wildman–Crippen LogP) is 3.25. The number of rotatable bonds is 8. The summed E-state index contributed by atoms with van der Waals surface area (Å²) >= 11 is 1.21. The highest BCUT2D eigenvalue weighted by Crippen LogP contribution is 2.36. The van der Waals surface area contributed by atoms with Crippen LogP contribution in [0.5, 0.6) is 17.2 Å². The molecule has 3 aromatic rings. The van der Waals surface area contributed by atoms with Crippen molar-refractivity contribution in [2.45, 2.75) is 26.3 Å². The zero-order chi connectivity index (χ0) is 26.7. The molecule has 0 saturated heterocycles. The Hall–Kier alpha value is -4.11. The SMILES string of the molecule is C=CCc1cc(C=c2sc3n(c2=O)C(c2ccccc2OC)C(C(=O)OCC)=C(C)N=3)cc(OC)c1O. The first-order chi connectivity index (χ1) is 17.8. The van der Waals surface area contributed by atoms with Crippen LogP contribution in [0.1, 0.15) is 36.6 Å². The fraction of sp³-hybridized carbons (Fsp3) is 0.250. The highest BCUT2D eigenvalue weighted by atomic mass is 32.1. The van der Waals surface area contributed by atoms with Gasteiger partial charge >= 0.3 is 5.97 Å². The van der Waals surface area contributed by atoms with Crippen molar-refractivity contribution < 1.29 is 24.1 Å². The molecule has 8 nitrogen and oxygen atoms in total. The number of esters is 1. The van der Waals surface area contributed by atoms with Gasteiger partial charge in [0.2, 0.25) is 0 Å². The van der Waals surface area contributed by atoms with E-state index in [0.717, 1.165) is 0 Å². The van der Waals surface area contributed by atoms with E-state index in [-0.39, 0.29) is 23.5 Å². The van der Waals surface area contributed by atoms with Gasteiger partial charge in [-0.25, -0.2) is 9.79 Å². The minimum absolute atomic E-state index is 0.0342. The molecule has 37 heavy (non-hydrogen) atoms. The molecule has 9 heteroatoms. The van der Waals surface area contributed by atoms with E-state index in [9.17, 15) is 14.7 Å². The van der Waals surface area contributed by atoms with Crippen LogP contribution < -0.4 is 24.4 Å². The van der Waals surface area contributed by atoms with Crippen LogP contribution in [-0.4, -0.2) is 36.5 Å². The summed E-state index contributed by atoms with van der Waals surface area (Å²) in [4.78, 5) is 32.0. The van der Waals surface area contributed by atoms with Gasteiger partial charge in [-0.1, -0.05) is 35.6 Å². The molecule has 0 aliphatic carbocycles. The first-order valence-electron chi connectivity index (χ1n) is 11.7. The molecule has 1 aromatic heterocycles. The summed E-state index contributed by atoms with van der Waals surface area (Å²) in [5.74, 6) is 0.333. The fourth-order valence-corrected chi connectivity index (χ4v) is 5.42. The number of methoxy groups -OCH3 is 2. The quantitative estimate of drug-likeness (QED) is 0.362. The second-order valence-electron chi connectivity index (χ2n) is 8.27. The van der Waals surface area contributed by atoms with Crippen LogP contribution in [0.3, 0.4) is 0 Å². The van der Waals surface area contributed by atoms with E-state index in [0.29, 0.717) is 49.6 Å². The minimum Gasteiger partial charge on any atom is -0.504 e. The molecule has 1 aliphatic heterocycles. The van der Waals surface area contributed by atoms with Crippen LogP contribution in [0.4, 0.5) is 0 Å². The number of aromatic hydroxyl groups is 1. The summed E-state index contributed by atoms with van der Waals surface area (Å²) < 4.78 is 18.2. The molecule has 0 amide bonds. The van der Waals surface area contributed by atoms with Crippen molar-refractivity contribution in [2.24, 2.45) is 4.99 Å². The average Bonchev–Trinajstić information content (AvgIpc) is 3.19. The molecule has 4 rings (SSSR count). The number of nitrogens with zero attached hydrogens (tertiary/aromatic N) is 2. The maximum Gasteiger partial charge on any atom is 0.338 e. The van der Waals surface area contributed by atoms with Gasteiger partial charge in [-0.2, -0.15) is 0 Å². The number of carbonyl (C=O) groups is 1. The lowest BCUT2D eigenvalue weighted by Crippen LogP contribution is -2.40. The Bertz CT molecular complexity index is 1580. The highest BCUT2D eigenvalue weighted by molar-refractivity contribution is 7.07. The molecule has 1 aliphatic rings. The van der Waals surface area contributed by atoms with Crippen molar-refractivity contribution in [2.75, 3.05) is 20.8 Å². The monoisotopic (exact) mass is 520 g/mol. The van der Waals surface area contributed by atoms with Crippen LogP contribution >= 0.6 is 11.3 Å². The number of carbonyl (C=O) groups excluding carboxylic acids is 1. The highest BCUT2D eigenvalue weighted by Gasteiger charge is 2.34. The molecular weight excluding hydrogens is 492 g/mol. The molecule has 2 aromatic carbocycles. The Morgan fingerprint density at radius 1 is 1.22 bits per heavy atom. The molecule has 0 bridgehead atoms. The van der Waals surface area contributed by atoms with Crippen molar-refractivity contribution in [3.05, 3.63) is 96.7 Å². The van der Waals surface area contributed by atoms with Gasteiger partial charge in [-0.15, -0.1) is 6.58 Å². The lowest BCUT2D eigenvalue weighted by molar-refractivity contribution is -0.139. The van der Waals surface area contributed by atoms with E-state index >= 15 is 0 Å².